The van der Waals surface area contributed by atoms with Crippen molar-refractivity contribution in [2.75, 3.05) is 7.05 Å². The Morgan fingerprint density at radius 3 is 2.11 bits per heavy atom. The standard InChI is InChI=1S/C28H32F5N5O6/c1-10(2)23-27(43)35-12(4)21(37-26(42)22-15(39)7-6-8-34-22)25(41)36-14(24(40)11(3)28(44)38(23)5)9-13-16(29)18(31)20(33)19(32)17(13)30/h6-8,10-12,14,21,23-24,39-40H,9H2,1-5H3,(H,35,43)(H,36,41)(H,37,42)/t11-,12-,14+,21+,23?,24+/m1/s1. The van der Waals surface area contributed by atoms with Crippen LogP contribution in [0, 0.1) is 40.9 Å². The molecule has 16 heteroatoms. The van der Waals surface area contributed by atoms with Crippen LogP contribution >= 0.6 is 0 Å². The molecule has 1 unspecified atom stereocenters. The number of aliphatic hydroxyl groups is 1. The number of rotatable bonds is 5. The van der Waals surface area contributed by atoms with Gasteiger partial charge in [0.05, 0.1) is 24.1 Å². The first kappa shape index (κ1) is 34.2. The van der Waals surface area contributed by atoms with E-state index in [0.717, 1.165) is 11.0 Å². The zero-order valence-corrected chi connectivity index (χ0v) is 24.3. The molecule has 1 fully saturated rings. The number of nitrogens with one attached hydrogen (secondary N) is 3. The van der Waals surface area contributed by atoms with Gasteiger partial charge in [-0.15, -0.1) is 0 Å². The topological polar surface area (TPSA) is 161 Å². The van der Waals surface area contributed by atoms with E-state index < -0.39 is 118 Å². The van der Waals surface area contributed by atoms with Gasteiger partial charge in [-0.25, -0.2) is 26.9 Å². The zero-order chi connectivity index (χ0) is 33.2. The Labute approximate surface area is 248 Å². The second kappa shape index (κ2) is 13.5. The summed E-state index contributed by atoms with van der Waals surface area (Å²) in [5.41, 5.74) is -1.87. The second-order valence-corrected chi connectivity index (χ2v) is 10.9. The molecule has 1 aliphatic rings. The molecular weight excluding hydrogens is 597 g/mol. The number of likely N-dealkylation sites (N-methyl/N-ethyl adjacent to an activating group) is 1. The first-order valence-corrected chi connectivity index (χ1v) is 13.5. The fraction of sp³-hybridized carbons (Fsp3) is 0.464. The lowest BCUT2D eigenvalue weighted by molar-refractivity contribution is -0.147. The molecule has 0 aliphatic carbocycles. The third-order valence-corrected chi connectivity index (χ3v) is 7.47. The Kier molecular flexibility index (Phi) is 10.5. The predicted molar refractivity (Wildman–Crippen MR) is 143 cm³/mol. The molecule has 3 rings (SSSR count). The molecule has 44 heavy (non-hydrogen) atoms. The Balaban J connectivity index is 2.14. The molecule has 2 aromatic rings. The molecule has 6 atom stereocenters. The molecule has 1 aromatic heterocycles. The second-order valence-electron chi connectivity index (χ2n) is 10.9. The maximum atomic E-state index is 14.7. The third-order valence-electron chi connectivity index (χ3n) is 7.47. The van der Waals surface area contributed by atoms with E-state index >= 15 is 0 Å². The lowest BCUT2D eigenvalue weighted by Gasteiger charge is -2.38. The molecule has 0 spiro atoms. The highest BCUT2D eigenvalue weighted by Crippen LogP contribution is 2.26. The number of hydrogen-bond acceptors (Lipinski definition) is 7. The number of aliphatic hydroxyl groups excluding tert-OH is 1. The predicted octanol–water partition coefficient (Wildman–Crippen LogP) is 1.31. The van der Waals surface area contributed by atoms with Gasteiger partial charge in [-0.2, -0.15) is 0 Å². The summed E-state index contributed by atoms with van der Waals surface area (Å²) < 4.78 is 71.0. The molecular formula is C28H32F5N5O6. The summed E-state index contributed by atoms with van der Waals surface area (Å²) in [6.45, 7) is 5.73. The quantitative estimate of drug-likeness (QED) is 0.189. The Bertz CT molecular complexity index is 1430. The van der Waals surface area contributed by atoms with Crippen LogP contribution in [0.3, 0.4) is 0 Å². The minimum absolute atomic E-state index is 0.498. The van der Waals surface area contributed by atoms with Gasteiger partial charge in [0.15, 0.2) is 29.0 Å². The van der Waals surface area contributed by atoms with Gasteiger partial charge in [-0.3, -0.25) is 19.2 Å². The fourth-order valence-electron chi connectivity index (χ4n) is 5.05. The normalized spacial score (nSPS) is 25.2. The first-order valence-electron chi connectivity index (χ1n) is 13.5. The monoisotopic (exact) mass is 629 g/mol. The average Bonchev–Trinajstić information content (AvgIpc) is 2.97. The van der Waals surface area contributed by atoms with Gasteiger partial charge in [0.25, 0.3) is 5.91 Å². The Morgan fingerprint density at radius 2 is 1.57 bits per heavy atom. The van der Waals surface area contributed by atoms with E-state index in [-0.39, 0.29) is 0 Å². The van der Waals surface area contributed by atoms with Crippen molar-refractivity contribution in [3.05, 3.63) is 58.7 Å². The van der Waals surface area contributed by atoms with E-state index in [1.165, 1.54) is 33.2 Å². The number of nitrogens with zero attached hydrogens (tertiary/aromatic N) is 2. The number of aromatic nitrogens is 1. The molecule has 11 nitrogen and oxygen atoms in total. The molecule has 0 bridgehead atoms. The van der Waals surface area contributed by atoms with E-state index in [9.17, 15) is 51.3 Å². The highest BCUT2D eigenvalue weighted by Gasteiger charge is 2.42. The van der Waals surface area contributed by atoms with Crippen LogP contribution < -0.4 is 16.0 Å². The summed E-state index contributed by atoms with van der Waals surface area (Å²) in [6.07, 6.45) is -1.99. The van der Waals surface area contributed by atoms with Gasteiger partial charge >= 0.3 is 0 Å². The first-order chi connectivity index (χ1) is 20.5. The zero-order valence-electron chi connectivity index (χ0n) is 24.3. The molecule has 1 saturated heterocycles. The number of amides is 4. The van der Waals surface area contributed by atoms with Crippen LogP contribution in [0.4, 0.5) is 22.0 Å². The molecule has 4 amide bonds. The summed E-state index contributed by atoms with van der Waals surface area (Å²) in [5, 5.41) is 28.3. The molecule has 1 aromatic carbocycles. The van der Waals surface area contributed by atoms with Crippen molar-refractivity contribution in [1.29, 1.82) is 0 Å². The minimum atomic E-state index is -2.41. The minimum Gasteiger partial charge on any atom is -0.505 e. The average molecular weight is 630 g/mol. The van der Waals surface area contributed by atoms with Gasteiger partial charge in [0, 0.05) is 25.2 Å². The molecule has 5 N–H and O–H groups in total. The van der Waals surface area contributed by atoms with Crippen LogP contribution in [-0.2, 0) is 20.8 Å². The van der Waals surface area contributed by atoms with Gasteiger partial charge in [-0.1, -0.05) is 20.8 Å². The van der Waals surface area contributed by atoms with Crippen LogP contribution in [0.15, 0.2) is 18.3 Å². The number of aromatic hydroxyl groups is 1. The van der Waals surface area contributed by atoms with E-state index in [1.54, 1.807) is 13.8 Å². The Morgan fingerprint density at radius 1 is 1.00 bits per heavy atom. The maximum absolute atomic E-state index is 14.7. The van der Waals surface area contributed by atoms with E-state index in [1.807, 2.05) is 0 Å². The number of pyridine rings is 1. The lowest BCUT2D eigenvalue weighted by Crippen LogP contribution is -2.64. The van der Waals surface area contributed by atoms with Gasteiger partial charge < -0.3 is 31.1 Å². The van der Waals surface area contributed by atoms with E-state index in [2.05, 4.69) is 20.9 Å². The number of carbonyl (C=O) groups is 4. The maximum Gasteiger partial charge on any atom is 0.274 e. The van der Waals surface area contributed by atoms with Crippen LogP contribution in [0.1, 0.15) is 43.7 Å². The van der Waals surface area contributed by atoms with Crippen molar-refractivity contribution in [2.24, 2.45) is 11.8 Å². The molecule has 1 aliphatic heterocycles. The van der Waals surface area contributed by atoms with Crippen molar-refractivity contribution in [3.63, 3.8) is 0 Å². The summed E-state index contributed by atoms with van der Waals surface area (Å²) in [4.78, 5) is 58.0. The van der Waals surface area contributed by atoms with Crippen molar-refractivity contribution < 1.29 is 51.3 Å². The largest absolute Gasteiger partial charge is 0.505 e. The summed E-state index contributed by atoms with van der Waals surface area (Å²) in [5.74, 6) is -17.7. The molecule has 0 radical (unpaired) electrons. The molecule has 240 valence electrons. The van der Waals surface area contributed by atoms with E-state index in [4.69, 9.17) is 0 Å². The van der Waals surface area contributed by atoms with Gasteiger partial charge in [-0.05, 0) is 25.0 Å². The highest BCUT2D eigenvalue weighted by molar-refractivity contribution is 5.98. The van der Waals surface area contributed by atoms with Gasteiger partial charge in [0.1, 0.15) is 17.8 Å². The van der Waals surface area contributed by atoms with Crippen LogP contribution in [0.5, 0.6) is 5.75 Å². The molecule has 2 heterocycles. The number of hydrogen-bond donors (Lipinski definition) is 5. The molecule has 0 saturated carbocycles. The van der Waals surface area contributed by atoms with Crippen LogP contribution in [-0.4, -0.2) is 81.0 Å². The number of halogens is 5. The van der Waals surface area contributed by atoms with Crippen molar-refractivity contribution in [3.8, 4) is 5.75 Å². The summed E-state index contributed by atoms with van der Waals surface area (Å²) in [7, 11) is 1.27. The summed E-state index contributed by atoms with van der Waals surface area (Å²) >= 11 is 0. The van der Waals surface area contributed by atoms with E-state index in [0.29, 0.717) is 0 Å². The van der Waals surface area contributed by atoms with Crippen LogP contribution in [0.25, 0.3) is 0 Å². The number of benzene rings is 1. The number of carbonyl (C=O) groups excluding carboxylic acids is 4. The highest BCUT2D eigenvalue weighted by atomic mass is 19.2. The van der Waals surface area contributed by atoms with Crippen LogP contribution in [0.2, 0.25) is 0 Å². The lowest BCUT2D eigenvalue weighted by atomic mass is 9.89. The Hall–Kier alpha value is -4.34. The third kappa shape index (κ3) is 6.74. The summed E-state index contributed by atoms with van der Waals surface area (Å²) in [6, 6.07) is -3.51. The SMILES string of the molecule is CC(C)C1C(=O)N[C@H](C)[C@H](NC(=O)c2ncccc2O)C(=O)N[C@@H](Cc2c(F)c(F)c(F)c(F)c2F)[C@@H](O)[C@@H](C)C(=O)N1C. The van der Waals surface area contributed by atoms with Crippen molar-refractivity contribution >= 4 is 23.6 Å². The van der Waals surface area contributed by atoms with Crippen molar-refractivity contribution in [1.82, 2.24) is 25.8 Å². The van der Waals surface area contributed by atoms with Gasteiger partial charge in [0.2, 0.25) is 23.5 Å². The fourth-order valence-corrected chi connectivity index (χ4v) is 5.05. The van der Waals surface area contributed by atoms with Crippen molar-refractivity contribution in [2.45, 2.75) is 64.4 Å². The smallest absolute Gasteiger partial charge is 0.274 e.